The summed E-state index contributed by atoms with van der Waals surface area (Å²) in [4.78, 5) is 15.2. The van der Waals surface area contributed by atoms with Gasteiger partial charge in [-0.15, -0.1) is 0 Å². The van der Waals surface area contributed by atoms with E-state index in [9.17, 15) is 0 Å². The lowest BCUT2D eigenvalue weighted by molar-refractivity contribution is 0.727. The zero-order valence-electron chi connectivity index (χ0n) is 7.86. The molecule has 2 aromatic heterocycles. The fourth-order valence-electron chi connectivity index (χ4n) is 1.21. The van der Waals surface area contributed by atoms with Crippen LogP contribution in [0.25, 0.3) is 11.2 Å². The molecular formula is C8H12N6. The molecule has 0 aliphatic rings. The third kappa shape index (κ3) is 1.29. The second-order valence-electron chi connectivity index (χ2n) is 3.22. The van der Waals surface area contributed by atoms with E-state index in [4.69, 9.17) is 11.5 Å². The van der Waals surface area contributed by atoms with Gasteiger partial charge in [0, 0.05) is 12.5 Å². The van der Waals surface area contributed by atoms with E-state index in [1.165, 1.54) is 6.33 Å². The van der Waals surface area contributed by atoms with E-state index < -0.39 is 0 Å². The molecule has 0 saturated heterocycles. The second kappa shape index (κ2) is 3.22. The number of fused-ring (bicyclic) bond motifs is 1. The molecule has 0 aromatic carbocycles. The molecule has 1 atom stereocenters. The van der Waals surface area contributed by atoms with Crippen molar-refractivity contribution in [2.45, 2.75) is 12.8 Å². The third-order valence-corrected chi connectivity index (χ3v) is 2.16. The molecule has 6 nitrogen and oxygen atoms in total. The zero-order valence-corrected chi connectivity index (χ0v) is 7.86. The predicted molar refractivity (Wildman–Crippen MR) is 53.6 cm³/mol. The third-order valence-electron chi connectivity index (χ3n) is 2.16. The van der Waals surface area contributed by atoms with Crippen LogP contribution in [-0.4, -0.2) is 26.5 Å². The van der Waals surface area contributed by atoms with Crippen LogP contribution in [-0.2, 0) is 0 Å². The molecule has 1 unspecified atom stereocenters. The summed E-state index contributed by atoms with van der Waals surface area (Å²) >= 11 is 0. The van der Waals surface area contributed by atoms with Gasteiger partial charge >= 0.3 is 0 Å². The lowest BCUT2D eigenvalue weighted by Gasteiger charge is -2.01. The molecule has 0 amide bonds. The maximum Gasteiger partial charge on any atom is 0.183 e. The van der Waals surface area contributed by atoms with E-state index in [0.29, 0.717) is 23.5 Å². The number of imidazole rings is 1. The highest BCUT2D eigenvalue weighted by atomic mass is 15.0. The van der Waals surface area contributed by atoms with Gasteiger partial charge in [0.15, 0.2) is 11.5 Å². The van der Waals surface area contributed by atoms with E-state index in [0.717, 1.165) is 5.82 Å². The van der Waals surface area contributed by atoms with Crippen LogP contribution in [0.5, 0.6) is 0 Å². The first-order valence-electron chi connectivity index (χ1n) is 4.38. The number of hydrogen-bond acceptors (Lipinski definition) is 5. The van der Waals surface area contributed by atoms with Crippen LogP contribution in [0.1, 0.15) is 18.7 Å². The number of aromatic amines is 1. The molecule has 0 fully saturated rings. The number of H-pyrrole nitrogens is 1. The Labute approximate surface area is 80.8 Å². The number of nitrogens with zero attached hydrogens (tertiary/aromatic N) is 3. The van der Waals surface area contributed by atoms with E-state index in [-0.39, 0.29) is 5.92 Å². The number of nitrogen functional groups attached to an aromatic ring is 1. The van der Waals surface area contributed by atoms with Gasteiger partial charge in [-0.25, -0.2) is 15.0 Å². The Balaban J connectivity index is 2.56. The van der Waals surface area contributed by atoms with Crippen molar-refractivity contribution in [3.05, 3.63) is 12.2 Å². The fourth-order valence-corrected chi connectivity index (χ4v) is 1.21. The summed E-state index contributed by atoms with van der Waals surface area (Å²) in [5.41, 5.74) is 12.5. The number of aromatic nitrogens is 4. The van der Waals surface area contributed by atoms with Crippen LogP contribution in [0.4, 0.5) is 5.82 Å². The van der Waals surface area contributed by atoms with Crippen molar-refractivity contribution >= 4 is 17.0 Å². The highest BCUT2D eigenvalue weighted by Crippen LogP contribution is 2.17. The van der Waals surface area contributed by atoms with E-state index in [2.05, 4.69) is 19.9 Å². The molecule has 0 spiro atoms. The molecule has 0 radical (unpaired) electrons. The number of nitrogens with two attached hydrogens (primary N) is 2. The molecule has 2 aromatic rings. The summed E-state index contributed by atoms with van der Waals surface area (Å²) in [6.45, 7) is 2.52. The minimum Gasteiger partial charge on any atom is -0.382 e. The Kier molecular flexibility index (Phi) is 2.05. The normalized spacial score (nSPS) is 13.3. The summed E-state index contributed by atoms with van der Waals surface area (Å²) in [5.74, 6) is 1.39. The molecule has 14 heavy (non-hydrogen) atoms. The molecule has 0 saturated carbocycles. The van der Waals surface area contributed by atoms with Gasteiger partial charge in [-0.2, -0.15) is 0 Å². The van der Waals surface area contributed by atoms with Gasteiger partial charge in [0.05, 0.1) is 0 Å². The minimum absolute atomic E-state index is 0.170. The van der Waals surface area contributed by atoms with Crippen molar-refractivity contribution < 1.29 is 0 Å². The van der Waals surface area contributed by atoms with Gasteiger partial charge in [-0.3, -0.25) is 0 Å². The van der Waals surface area contributed by atoms with Crippen LogP contribution in [0.2, 0.25) is 0 Å². The van der Waals surface area contributed by atoms with Crippen LogP contribution in [0, 0.1) is 0 Å². The summed E-state index contributed by atoms with van der Waals surface area (Å²) in [6.07, 6.45) is 1.40. The maximum absolute atomic E-state index is 5.66. The predicted octanol–water partition coefficient (Wildman–Crippen LogP) is -0.00270. The number of anilines is 1. The lowest BCUT2D eigenvalue weighted by Crippen LogP contribution is -2.10. The average Bonchev–Trinajstić information content (AvgIpc) is 2.62. The van der Waals surface area contributed by atoms with Crippen molar-refractivity contribution in [3.8, 4) is 0 Å². The van der Waals surface area contributed by atoms with Crippen LogP contribution in [0.3, 0.4) is 0 Å². The molecule has 2 rings (SSSR count). The fraction of sp³-hybridized carbons (Fsp3) is 0.375. The molecule has 5 N–H and O–H groups in total. The Morgan fingerprint density at radius 2 is 2.29 bits per heavy atom. The topological polar surface area (TPSA) is 106 Å². The first-order valence-corrected chi connectivity index (χ1v) is 4.38. The van der Waals surface area contributed by atoms with Crippen molar-refractivity contribution in [1.82, 2.24) is 19.9 Å². The summed E-state index contributed by atoms with van der Waals surface area (Å²) in [7, 11) is 0. The maximum atomic E-state index is 5.66. The SMILES string of the molecule is CC(CN)c1nc2ncnc(N)c2[nH]1. The molecule has 0 aliphatic carbocycles. The van der Waals surface area contributed by atoms with Crippen molar-refractivity contribution in [2.75, 3.05) is 12.3 Å². The largest absolute Gasteiger partial charge is 0.382 e. The van der Waals surface area contributed by atoms with Crippen LogP contribution in [0.15, 0.2) is 6.33 Å². The van der Waals surface area contributed by atoms with Gasteiger partial charge < -0.3 is 16.5 Å². The number of hydrogen-bond donors (Lipinski definition) is 3. The summed E-state index contributed by atoms with van der Waals surface area (Å²) < 4.78 is 0. The van der Waals surface area contributed by atoms with E-state index in [1.807, 2.05) is 6.92 Å². The number of rotatable bonds is 2. The molecular weight excluding hydrogens is 180 g/mol. The molecule has 6 heteroatoms. The zero-order chi connectivity index (χ0) is 10.1. The first-order chi connectivity index (χ1) is 6.72. The van der Waals surface area contributed by atoms with Gasteiger partial charge in [0.2, 0.25) is 0 Å². The lowest BCUT2D eigenvalue weighted by atomic mass is 10.2. The van der Waals surface area contributed by atoms with Crippen LogP contribution < -0.4 is 11.5 Å². The highest BCUT2D eigenvalue weighted by molar-refractivity contribution is 5.81. The van der Waals surface area contributed by atoms with E-state index in [1.54, 1.807) is 0 Å². The Hall–Kier alpha value is -1.69. The van der Waals surface area contributed by atoms with Gasteiger partial charge in [0.25, 0.3) is 0 Å². The molecule has 0 aliphatic heterocycles. The van der Waals surface area contributed by atoms with Gasteiger partial charge in [0.1, 0.15) is 17.7 Å². The molecule has 0 bridgehead atoms. The van der Waals surface area contributed by atoms with Crippen molar-refractivity contribution in [3.63, 3.8) is 0 Å². The molecule has 74 valence electrons. The van der Waals surface area contributed by atoms with Crippen LogP contribution >= 0.6 is 0 Å². The molecule has 2 heterocycles. The number of nitrogens with one attached hydrogen (secondary N) is 1. The van der Waals surface area contributed by atoms with Crippen molar-refractivity contribution in [2.24, 2.45) is 5.73 Å². The summed E-state index contributed by atoms with van der Waals surface area (Å²) in [5, 5.41) is 0. The Morgan fingerprint density at radius 3 is 2.93 bits per heavy atom. The summed E-state index contributed by atoms with van der Waals surface area (Å²) in [6, 6.07) is 0. The van der Waals surface area contributed by atoms with Crippen molar-refractivity contribution in [1.29, 1.82) is 0 Å². The van der Waals surface area contributed by atoms with E-state index >= 15 is 0 Å². The Morgan fingerprint density at radius 1 is 1.50 bits per heavy atom. The second-order valence-corrected chi connectivity index (χ2v) is 3.22. The standard InChI is InChI=1S/C8H12N6/c1-4(2-9)7-13-5-6(10)11-3-12-8(5)14-7/h3-4H,2,9H2,1H3,(H3,10,11,12,13,14). The Bertz CT molecular complexity index is 448. The average molecular weight is 192 g/mol. The minimum atomic E-state index is 0.170. The smallest absolute Gasteiger partial charge is 0.183 e. The van der Waals surface area contributed by atoms with Gasteiger partial charge in [-0.1, -0.05) is 6.92 Å². The quantitative estimate of drug-likeness (QED) is 0.620. The monoisotopic (exact) mass is 192 g/mol. The van der Waals surface area contributed by atoms with Gasteiger partial charge in [-0.05, 0) is 0 Å². The first kappa shape index (κ1) is 8.89. The highest BCUT2D eigenvalue weighted by Gasteiger charge is 2.11.